The largest absolute Gasteiger partial charge is 0.480 e. The standard InChI is InChI=1S/C10H15N3O6S2/c1-21(18,19)3-2-7(8(14)15)13-9(16)11-4-6-5-20-10(17)12-6/h5,7H,2-4H2,1H3,(H,12,17)(H,14,15)(H2,11,13,16). The molecule has 11 heteroatoms. The first kappa shape index (κ1) is 17.2. The summed E-state index contributed by atoms with van der Waals surface area (Å²) >= 11 is 0.942. The Balaban J connectivity index is 2.48. The first-order chi connectivity index (χ1) is 9.67. The summed E-state index contributed by atoms with van der Waals surface area (Å²) in [5.74, 6) is -1.67. The quantitative estimate of drug-likeness (QED) is 0.508. The van der Waals surface area contributed by atoms with Gasteiger partial charge in [0.1, 0.15) is 15.9 Å². The van der Waals surface area contributed by atoms with Crippen LogP contribution >= 0.6 is 11.3 Å². The molecule has 1 rings (SSSR count). The number of aliphatic carboxylic acids is 1. The molecule has 1 heterocycles. The number of aromatic nitrogens is 1. The fourth-order valence-electron chi connectivity index (χ4n) is 1.37. The van der Waals surface area contributed by atoms with E-state index in [9.17, 15) is 22.8 Å². The Hall–Kier alpha value is -1.88. The molecule has 118 valence electrons. The molecule has 1 atom stereocenters. The third-order valence-electron chi connectivity index (χ3n) is 2.39. The molecule has 1 unspecified atom stereocenters. The Labute approximate surface area is 124 Å². The van der Waals surface area contributed by atoms with Crippen LogP contribution in [0.25, 0.3) is 0 Å². The van der Waals surface area contributed by atoms with Crippen molar-refractivity contribution in [1.29, 1.82) is 0 Å². The Morgan fingerprint density at radius 2 is 2.14 bits per heavy atom. The molecule has 0 aliphatic heterocycles. The number of carbonyl (C=O) groups excluding carboxylic acids is 1. The number of nitrogens with one attached hydrogen (secondary N) is 3. The van der Waals surface area contributed by atoms with Crippen LogP contribution < -0.4 is 15.5 Å². The second-order valence-electron chi connectivity index (χ2n) is 4.31. The number of amides is 2. The van der Waals surface area contributed by atoms with Gasteiger partial charge in [0.25, 0.3) is 0 Å². The van der Waals surface area contributed by atoms with Crippen molar-refractivity contribution in [3.8, 4) is 0 Å². The van der Waals surface area contributed by atoms with Gasteiger partial charge in [-0.25, -0.2) is 18.0 Å². The Morgan fingerprint density at radius 1 is 1.48 bits per heavy atom. The zero-order valence-corrected chi connectivity index (χ0v) is 12.7. The van der Waals surface area contributed by atoms with Crippen LogP contribution in [0.1, 0.15) is 12.1 Å². The SMILES string of the molecule is CS(=O)(=O)CCC(NC(=O)NCc1csc(=O)[nH]1)C(=O)O. The number of aromatic amines is 1. The maximum atomic E-state index is 11.5. The summed E-state index contributed by atoms with van der Waals surface area (Å²) in [7, 11) is -3.31. The van der Waals surface area contributed by atoms with Gasteiger partial charge in [0.2, 0.25) is 0 Å². The van der Waals surface area contributed by atoms with Crippen LogP contribution in [0.4, 0.5) is 4.79 Å². The van der Waals surface area contributed by atoms with Gasteiger partial charge in [0, 0.05) is 17.3 Å². The third-order valence-corrected chi connectivity index (χ3v) is 4.09. The van der Waals surface area contributed by atoms with Gasteiger partial charge in [-0.3, -0.25) is 4.79 Å². The van der Waals surface area contributed by atoms with E-state index < -0.39 is 27.9 Å². The lowest BCUT2D eigenvalue weighted by molar-refractivity contribution is -0.139. The number of sulfone groups is 1. The smallest absolute Gasteiger partial charge is 0.326 e. The number of urea groups is 1. The van der Waals surface area contributed by atoms with E-state index in [1.54, 1.807) is 0 Å². The van der Waals surface area contributed by atoms with Crippen molar-refractivity contribution < 1.29 is 23.1 Å². The second-order valence-corrected chi connectivity index (χ2v) is 7.41. The zero-order valence-electron chi connectivity index (χ0n) is 11.1. The van der Waals surface area contributed by atoms with E-state index in [4.69, 9.17) is 5.11 Å². The number of carboxylic acid groups (broad SMARTS) is 1. The van der Waals surface area contributed by atoms with E-state index in [1.165, 1.54) is 5.38 Å². The predicted molar refractivity (Wildman–Crippen MR) is 76.1 cm³/mol. The third kappa shape index (κ3) is 6.90. The lowest BCUT2D eigenvalue weighted by Crippen LogP contribution is -2.46. The van der Waals surface area contributed by atoms with Gasteiger partial charge in [-0.05, 0) is 6.42 Å². The Bertz CT molecular complexity index is 662. The van der Waals surface area contributed by atoms with E-state index in [0.717, 1.165) is 17.6 Å². The molecule has 4 N–H and O–H groups in total. The number of hydrogen-bond acceptors (Lipinski definition) is 6. The van der Waals surface area contributed by atoms with E-state index in [2.05, 4.69) is 15.6 Å². The maximum absolute atomic E-state index is 11.5. The molecule has 0 aliphatic rings. The molecular weight excluding hydrogens is 322 g/mol. The number of rotatable bonds is 7. The molecule has 21 heavy (non-hydrogen) atoms. The Kier molecular flexibility index (Phi) is 5.90. The molecule has 0 fully saturated rings. The van der Waals surface area contributed by atoms with Crippen LogP contribution in [0.15, 0.2) is 10.2 Å². The van der Waals surface area contributed by atoms with Crippen molar-refractivity contribution in [2.75, 3.05) is 12.0 Å². The van der Waals surface area contributed by atoms with E-state index in [0.29, 0.717) is 5.69 Å². The molecule has 2 amide bonds. The fraction of sp³-hybridized carbons (Fsp3) is 0.500. The number of thiazole rings is 1. The van der Waals surface area contributed by atoms with Crippen molar-refractivity contribution in [3.63, 3.8) is 0 Å². The highest BCUT2D eigenvalue weighted by Crippen LogP contribution is 1.98. The lowest BCUT2D eigenvalue weighted by atomic mass is 10.2. The van der Waals surface area contributed by atoms with Crippen LogP contribution in [-0.2, 0) is 21.2 Å². The van der Waals surface area contributed by atoms with Gasteiger partial charge in [-0.2, -0.15) is 0 Å². The molecular formula is C10H15N3O6S2. The highest BCUT2D eigenvalue weighted by Gasteiger charge is 2.21. The van der Waals surface area contributed by atoms with E-state index in [1.807, 2.05) is 0 Å². The summed E-state index contributed by atoms with van der Waals surface area (Å²) in [4.78, 5) is 35.6. The Morgan fingerprint density at radius 3 is 2.62 bits per heavy atom. The van der Waals surface area contributed by atoms with Crippen molar-refractivity contribution >= 4 is 33.2 Å². The van der Waals surface area contributed by atoms with Gasteiger partial charge in [0.15, 0.2) is 0 Å². The molecule has 0 spiro atoms. The zero-order chi connectivity index (χ0) is 16.0. The van der Waals surface area contributed by atoms with Gasteiger partial charge in [0.05, 0.1) is 12.3 Å². The van der Waals surface area contributed by atoms with Crippen LogP contribution in [-0.4, -0.2) is 48.6 Å². The number of hydrogen-bond donors (Lipinski definition) is 4. The number of carbonyl (C=O) groups is 2. The monoisotopic (exact) mass is 337 g/mol. The predicted octanol–water partition coefficient (Wildman–Crippen LogP) is -0.876. The number of H-pyrrole nitrogens is 1. The van der Waals surface area contributed by atoms with Crippen LogP contribution in [0.5, 0.6) is 0 Å². The van der Waals surface area contributed by atoms with Gasteiger partial charge in [-0.15, -0.1) is 0 Å². The van der Waals surface area contributed by atoms with E-state index >= 15 is 0 Å². The fourth-order valence-corrected chi connectivity index (χ4v) is 2.62. The van der Waals surface area contributed by atoms with Crippen LogP contribution in [0.3, 0.4) is 0 Å². The van der Waals surface area contributed by atoms with Gasteiger partial charge >= 0.3 is 16.9 Å². The second kappa shape index (κ2) is 7.22. The topological polar surface area (TPSA) is 145 Å². The summed E-state index contributed by atoms with van der Waals surface area (Å²) in [6.07, 6.45) is 0.760. The molecule has 0 bridgehead atoms. The maximum Gasteiger partial charge on any atom is 0.326 e. The molecule has 1 aromatic heterocycles. The van der Waals surface area contributed by atoms with Crippen molar-refractivity contribution in [2.24, 2.45) is 0 Å². The van der Waals surface area contributed by atoms with Gasteiger partial charge in [-0.1, -0.05) is 11.3 Å². The van der Waals surface area contributed by atoms with Gasteiger partial charge < -0.3 is 20.7 Å². The minimum absolute atomic E-state index is 0.0307. The molecule has 0 aromatic carbocycles. The summed E-state index contributed by atoms with van der Waals surface area (Å²) in [6.45, 7) is 0.0307. The first-order valence-corrected chi connectivity index (χ1v) is 8.73. The van der Waals surface area contributed by atoms with Crippen LogP contribution in [0.2, 0.25) is 0 Å². The van der Waals surface area contributed by atoms with E-state index in [-0.39, 0.29) is 23.6 Å². The molecule has 0 saturated heterocycles. The molecule has 1 aromatic rings. The van der Waals surface area contributed by atoms with Crippen molar-refractivity contribution in [2.45, 2.75) is 19.0 Å². The average Bonchev–Trinajstić information content (AvgIpc) is 2.76. The summed E-state index contributed by atoms with van der Waals surface area (Å²) in [6, 6.07) is -2.07. The van der Waals surface area contributed by atoms with Crippen LogP contribution in [0, 0.1) is 0 Å². The lowest BCUT2D eigenvalue weighted by Gasteiger charge is -2.14. The van der Waals surface area contributed by atoms with Crippen molar-refractivity contribution in [1.82, 2.24) is 15.6 Å². The molecule has 0 aliphatic carbocycles. The summed E-state index contributed by atoms with van der Waals surface area (Å²) in [5, 5.41) is 15.0. The molecule has 0 radical (unpaired) electrons. The molecule has 9 nitrogen and oxygen atoms in total. The normalized spacial score (nSPS) is 12.6. The first-order valence-electron chi connectivity index (χ1n) is 5.79. The average molecular weight is 337 g/mol. The number of carboxylic acids is 1. The molecule has 0 saturated carbocycles. The highest BCUT2D eigenvalue weighted by atomic mass is 32.2. The minimum Gasteiger partial charge on any atom is -0.480 e. The highest BCUT2D eigenvalue weighted by molar-refractivity contribution is 7.90. The summed E-state index contributed by atoms with van der Waals surface area (Å²) in [5.41, 5.74) is 0.489. The van der Waals surface area contributed by atoms with Crippen molar-refractivity contribution in [3.05, 3.63) is 20.7 Å². The summed E-state index contributed by atoms with van der Waals surface area (Å²) < 4.78 is 22.0. The minimum atomic E-state index is -3.31.